The van der Waals surface area contributed by atoms with Crippen LogP contribution >= 0.6 is 0 Å². The largest absolute Gasteiger partial charge is 0.477 e. The molecule has 0 fully saturated rings. The summed E-state index contributed by atoms with van der Waals surface area (Å²) in [5.41, 5.74) is 14.8. The van der Waals surface area contributed by atoms with E-state index in [9.17, 15) is 0 Å². The average molecular weight is 645 g/mol. The van der Waals surface area contributed by atoms with Crippen LogP contribution in [0.5, 0.6) is 5.75 Å². The van der Waals surface area contributed by atoms with Crippen LogP contribution < -0.4 is 14.5 Å². The Balaban J connectivity index is 0.000000215. The van der Waals surface area contributed by atoms with E-state index in [1.54, 1.807) is 0 Å². The van der Waals surface area contributed by atoms with Crippen LogP contribution in [0.15, 0.2) is 157 Å². The van der Waals surface area contributed by atoms with Gasteiger partial charge in [0, 0.05) is 41.3 Å². The molecule has 5 aromatic carbocycles. The summed E-state index contributed by atoms with van der Waals surface area (Å²) in [6, 6.07) is 42.8. The second-order valence-electron chi connectivity index (χ2n) is 13.1. The molecule has 3 nitrogen and oxygen atoms in total. The Morgan fingerprint density at radius 2 is 1.36 bits per heavy atom. The van der Waals surface area contributed by atoms with Crippen LogP contribution in [0.1, 0.15) is 41.0 Å². The molecule has 2 unspecified atom stereocenters. The number of rotatable bonds is 2. The highest BCUT2D eigenvalue weighted by molar-refractivity contribution is 5.91. The maximum Gasteiger partial charge on any atom is 0.175 e. The minimum atomic E-state index is 0.173. The van der Waals surface area contributed by atoms with Crippen LogP contribution in [0, 0.1) is 12.1 Å². The molecule has 0 N–H and O–H groups in total. The SMILES string of the molecule is CN1c2ccccc2C=Cc2cc(-c3ccc4c(c3)C=CC3=CCCC=C3N4c3ccccc3)ccc21.c1ccc2c(c#1)OC1C=CC=CC21. The Bertz CT molecular complexity index is 2290. The number of ether oxygens (including phenoxy) is 1. The monoisotopic (exact) mass is 644 g/mol. The summed E-state index contributed by atoms with van der Waals surface area (Å²) in [6.45, 7) is 0. The van der Waals surface area contributed by atoms with Gasteiger partial charge in [-0.3, -0.25) is 0 Å². The molecule has 3 aliphatic heterocycles. The van der Waals surface area contributed by atoms with Crippen LogP contribution in [0.25, 0.3) is 29.4 Å². The normalized spacial score (nSPS) is 18.6. The van der Waals surface area contributed by atoms with Crippen molar-refractivity contribution in [3.8, 4) is 16.9 Å². The van der Waals surface area contributed by atoms with Gasteiger partial charge in [0.2, 0.25) is 0 Å². The zero-order chi connectivity index (χ0) is 33.4. The highest BCUT2D eigenvalue weighted by Crippen LogP contribution is 2.43. The van der Waals surface area contributed by atoms with Crippen molar-refractivity contribution in [2.75, 3.05) is 16.8 Å². The molecular formula is C47H36N2O. The first-order valence-electron chi connectivity index (χ1n) is 17.4. The molecule has 2 aliphatic carbocycles. The van der Waals surface area contributed by atoms with Gasteiger partial charge in [-0.15, -0.1) is 0 Å². The van der Waals surface area contributed by atoms with Crippen LogP contribution in [-0.4, -0.2) is 13.2 Å². The van der Waals surface area contributed by atoms with E-state index in [1.807, 2.05) is 12.1 Å². The van der Waals surface area contributed by atoms with Crippen molar-refractivity contribution in [1.82, 2.24) is 0 Å². The second kappa shape index (κ2) is 12.7. The standard InChI is InChI=1S/C35H28N2.C12H8O/c1-36-32-13-7-5-9-25(32)15-17-29-23-27(19-21-33(29)36)28-20-22-35-30(24-28)18-16-26-10-6-8-14-34(26)37(35)31-11-3-2-4-12-31;1-3-7-11-9(5-1)10-6-2-4-8-12(10)13-11/h2-5,7,9-24H,6,8H2,1H3;1-3,5-7,9,11H. The number of benzene rings is 4. The van der Waals surface area contributed by atoms with Crippen LogP contribution in [-0.2, 0) is 0 Å². The van der Waals surface area contributed by atoms with Crippen LogP contribution in [0.2, 0.25) is 0 Å². The molecule has 0 amide bonds. The van der Waals surface area contributed by atoms with Crippen molar-refractivity contribution in [3.05, 3.63) is 191 Å². The van der Waals surface area contributed by atoms with E-state index in [4.69, 9.17) is 4.74 Å². The van der Waals surface area contributed by atoms with Gasteiger partial charge in [-0.1, -0.05) is 109 Å². The number of fused-ring (bicyclic) bond motifs is 7. The molecule has 0 spiro atoms. The molecule has 5 aliphatic rings. The first-order valence-corrected chi connectivity index (χ1v) is 17.4. The van der Waals surface area contributed by atoms with Gasteiger partial charge in [-0.05, 0) is 113 Å². The molecule has 0 bridgehead atoms. The third-order valence-corrected chi connectivity index (χ3v) is 10.1. The molecule has 0 saturated carbocycles. The van der Waals surface area contributed by atoms with Gasteiger partial charge in [-0.25, -0.2) is 0 Å². The second-order valence-corrected chi connectivity index (χ2v) is 13.1. The summed E-state index contributed by atoms with van der Waals surface area (Å²) in [5.74, 6) is 1.24. The molecule has 0 radical (unpaired) electrons. The molecule has 50 heavy (non-hydrogen) atoms. The van der Waals surface area contributed by atoms with Crippen molar-refractivity contribution in [3.63, 3.8) is 0 Å². The van der Waals surface area contributed by atoms with E-state index in [-0.39, 0.29) is 6.10 Å². The Hall–Kier alpha value is -6.24. The zero-order valence-electron chi connectivity index (χ0n) is 28.0. The maximum atomic E-state index is 5.69. The lowest BCUT2D eigenvalue weighted by Crippen LogP contribution is -2.18. The molecule has 2 atom stereocenters. The number of para-hydroxylation sites is 2. The Morgan fingerprint density at radius 1 is 0.660 bits per heavy atom. The van der Waals surface area contributed by atoms with Gasteiger partial charge in [-0.2, -0.15) is 0 Å². The molecule has 0 aromatic heterocycles. The summed E-state index contributed by atoms with van der Waals surface area (Å²) in [5, 5.41) is 0. The summed E-state index contributed by atoms with van der Waals surface area (Å²) in [4.78, 5) is 4.70. The van der Waals surface area contributed by atoms with Crippen molar-refractivity contribution in [2.45, 2.75) is 24.9 Å². The van der Waals surface area contributed by atoms with E-state index in [0.717, 1.165) is 18.6 Å². The van der Waals surface area contributed by atoms with Gasteiger partial charge in [0.05, 0.1) is 5.69 Å². The van der Waals surface area contributed by atoms with Gasteiger partial charge < -0.3 is 14.5 Å². The Labute approximate surface area is 294 Å². The lowest BCUT2D eigenvalue weighted by atomic mass is 9.93. The summed E-state index contributed by atoms with van der Waals surface area (Å²) in [6.07, 6.45) is 24.4. The molecule has 10 rings (SSSR count). The van der Waals surface area contributed by atoms with Gasteiger partial charge in [0.25, 0.3) is 0 Å². The minimum absolute atomic E-state index is 0.173. The highest BCUT2D eigenvalue weighted by Gasteiger charge is 2.31. The topological polar surface area (TPSA) is 15.7 Å². The Kier molecular flexibility index (Phi) is 7.56. The van der Waals surface area contributed by atoms with Crippen molar-refractivity contribution in [1.29, 1.82) is 0 Å². The fourth-order valence-corrected chi connectivity index (χ4v) is 7.57. The van der Waals surface area contributed by atoms with E-state index in [1.165, 1.54) is 67.4 Å². The first kappa shape index (κ1) is 29.9. The number of hydrogen-bond acceptors (Lipinski definition) is 3. The fourth-order valence-electron chi connectivity index (χ4n) is 7.57. The molecule has 3 heterocycles. The van der Waals surface area contributed by atoms with Crippen LogP contribution in [0.3, 0.4) is 0 Å². The first-order chi connectivity index (χ1) is 24.7. The van der Waals surface area contributed by atoms with Crippen LogP contribution in [0.4, 0.5) is 22.7 Å². The fraction of sp³-hybridized carbons (Fsp3) is 0.106. The van der Waals surface area contributed by atoms with Crippen molar-refractivity contribution in [2.24, 2.45) is 0 Å². The van der Waals surface area contributed by atoms with E-state index < -0.39 is 0 Å². The molecule has 240 valence electrons. The number of anilines is 4. The molecule has 3 heteroatoms. The molecule has 5 aromatic rings. The number of nitrogens with zero attached hydrogens (tertiary/aromatic N) is 2. The quantitative estimate of drug-likeness (QED) is 0.190. The molecule has 0 saturated heterocycles. The van der Waals surface area contributed by atoms with Gasteiger partial charge in [0.1, 0.15) is 6.10 Å². The smallest absolute Gasteiger partial charge is 0.175 e. The van der Waals surface area contributed by atoms with E-state index in [0.29, 0.717) is 5.92 Å². The average Bonchev–Trinajstić information content (AvgIpc) is 3.39. The summed E-state index contributed by atoms with van der Waals surface area (Å²) in [7, 11) is 2.15. The summed E-state index contributed by atoms with van der Waals surface area (Å²) < 4.78 is 5.69. The predicted molar refractivity (Wildman–Crippen MR) is 208 cm³/mol. The third kappa shape index (κ3) is 5.36. The lowest BCUT2D eigenvalue weighted by molar-refractivity contribution is 0.269. The van der Waals surface area contributed by atoms with Crippen molar-refractivity contribution < 1.29 is 4.74 Å². The maximum absolute atomic E-state index is 5.69. The highest BCUT2D eigenvalue weighted by atomic mass is 16.5. The lowest BCUT2D eigenvalue weighted by Gasteiger charge is -2.30. The zero-order valence-corrected chi connectivity index (χ0v) is 28.0. The Morgan fingerprint density at radius 3 is 2.24 bits per heavy atom. The number of allylic oxidation sites excluding steroid dienone is 5. The van der Waals surface area contributed by atoms with E-state index in [2.05, 4.69) is 181 Å². The van der Waals surface area contributed by atoms with E-state index >= 15 is 0 Å². The molecular weight excluding hydrogens is 609 g/mol. The third-order valence-electron chi connectivity index (χ3n) is 10.1. The van der Waals surface area contributed by atoms with Gasteiger partial charge >= 0.3 is 0 Å². The summed E-state index contributed by atoms with van der Waals surface area (Å²) >= 11 is 0. The predicted octanol–water partition coefficient (Wildman–Crippen LogP) is 11.6. The number of hydrogen-bond donors (Lipinski definition) is 0. The van der Waals surface area contributed by atoms with Gasteiger partial charge in [0.15, 0.2) is 5.75 Å². The minimum Gasteiger partial charge on any atom is -0.477 e. The van der Waals surface area contributed by atoms with Crippen molar-refractivity contribution >= 4 is 41.0 Å².